The van der Waals surface area contributed by atoms with Crippen molar-refractivity contribution in [3.63, 3.8) is 0 Å². The number of benzene rings is 1. The topological polar surface area (TPSA) is 21.3 Å². The van der Waals surface area contributed by atoms with Crippen LogP contribution in [-0.2, 0) is 4.74 Å². The first-order valence-electron chi connectivity index (χ1n) is 6.62. The quantitative estimate of drug-likeness (QED) is 0.844. The molecule has 1 aliphatic rings. The Kier molecular flexibility index (Phi) is 4.57. The van der Waals surface area contributed by atoms with Gasteiger partial charge in [-0.05, 0) is 30.7 Å². The first-order chi connectivity index (χ1) is 8.31. The van der Waals surface area contributed by atoms with E-state index in [4.69, 9.17) is 4.74 Å². The molecule has 2 rings (SSSR count). The van der Waals surface area contributed by atoms with Gasteiger partial charge in [0.1, 0.15) is 0 Å². The van der Waals surface area contributed by atoms with Crippen LogP contribution in [0.25, 0.3) is 0 Å². The molecule has 0 amide bonds. The molecular formula is C15H23NO. The molecule has 1 N–H and O–H groups in total. The van der Waals surface area contributed by atoms with Crippen molar-refractivity contribution in [1.82, 2.24) is 5.32 Å². The highest BCUT2D eigenvalue weighted by atomic mass is 16.5. The Hall–Kier alpha value is -0.860. The molecule has 1 fully saturated rings. The van der Waals surface area contributed by atoms with Crippen molar-refractivity contribution in [2.45, 2.75) is 44.2 Å². The van der Waals surface area contributed by atoms with Crippen molar-refractivity contribution in [3.05, 3.63) is 35.9 Å². The van der Waals surface area contributed by atoms with Crippen molar-refractivity contribution >= 4 is 0 Å². The molecular weight excluding hydrogens is 210 g/mol. The van der Waals surface area contributed by atoms with Gasteiger partial charge in [-0.15, -0.1) is 0 Å². The summed E-state index contributed by atoms with van der Waals surface area (Å²) in [6.45, 7) is 3.31. The minimum Gasteiger partial charge on any atom is -0.380 e. The summed E-state index contributed by atoms with van der Waals surface area (Å²) in [5.74, 6) is 0.564. The zero-order valence-corrected chi connectivity index (χ0v) is 10.9. The maximum absolute atomic E-state index is 5.50. The lowest BCUT2D eigenvalue weighted by atomic mass is 10.0. The molecule has 17 heavy (non-hydrogen) atoms. The van der Waals surface area contributed by atoms with E-state index in [0.29, 0.717) is 18.1 Å². The summed E-state index contributed by atoms with van der Waals surface area (Å²) < 4.78 is 5.50. The summed E-state index contributed by atoms with van der Waals surface area (Å²) in [5, 5.41) is 3.66. The van der Waals surface area contributed by atoms with Crippen LogP contribution in [0.15, 0.2) is 30.3 Å². The Morgan fingerprint density at radius 2 is 2.06 bits per heavy atom. The standard InChI is InChI=1S/C15H23NO/c1-12(13-7-4-3-5-8-13)11-16-14-9-6-10-15(14)17-2/h3-5,7-8,12,14-16H,6,9-11H2,1-2H3. The minimum absolute atomic E-state index is 0.415. The third-order valence-corrected chi connectivity index (χ3v) is 3.81. The van der Waals surface area contributed by atoms with E-state index in [1.54, 1.807) is 0 Å². The van der Waals surface area contributed by atoms with Crippen LogP contribution in [0.3, 0.4) is 0 Å². The molecule has 0 spiro atoms. The largest absolute Gasteiger partial charge is 0.380 e. The lowest BCUT2D eigenvalue weighted by Gasteiger charge is -2.22. The molecule has 0 saturated heterocycles. The van der Waals surface area contributed by atoms with Crippen molar-refractivity contribution in [2.75, 3.05) is 13.7 Å². The fourth-order valence-corrected chi connectivity index (χ4v) is 2.67. The number of nitrogens with one attached hydrogen (secondary N) is 1. The molecule has 3 unspecified atom stereocenters. The van der Waals surface area contributed by atoms with Crippen LogP contribution in [0, 0.1) is 0 Å². The van der Waals surface area contributed by atoms with Crippen molar-refractivity contribution in [2.24, 2.45) is 0 Å². The molecule has 1 saturated carbocycles. The molecule has 0 bridgehead atoms. The van der Waals surface area contributed by atoms with Gasteiger partial charge in [-0.3, -0.25) is 0 Å². The highest BCUT2D eigenvalue weighted by Gasteiger charge is 2.26. The molecule has 1 aromatic rings. The number of ether oxygens (including phenoxy) is 1. The second-order valence-corrected chi connectivity index (χ2v) is 5.03. The van der Waals surface area contributed by atoms with E-state index in [2.05, 4.69) is 42.6 Å². The molecule has 3 atom stereocenters. The van der Waals surface area contributed by atoms with Gasteiger partial charge in [-0.25, -0.2) is 0 Å². The minimum atomic E-state index is 0.415. The first kappa shape index (κ1) is 12.6. The number of hydrogen-bond donors (Lipinski definition) is 1. The van der Waals surface area contributed by atoms with Crippen LogP contribution in [0.2, 0.25) is 0 Å². The Morgan fingerprint density at radius 1 is 1.29 bits per heavy atom. The summed E-state index contributed by atoms with van der Waals surface area (Å²) in [6.07, 6.45) is 4.15. The van der Waals surface area contributed by atoms with E-state index in [-0.39, 0.29) is 0 Å². The fraction of sp³-hybridized carbons (Fsp3) is 0.600. The van der Waals surface area contributed by atoms with Crippen LogP contribution in [0.1, 0.15) is 37.7 Å². The maximum atomic E-state index is 5.50. The predicted molar refractivity (Wildman–Crippen MR) is 71.3 cm³/mol. The van der Waals surface area contributed by atoms with Gasteiger partial charge in [0.05, 0.1) is 6.10 Å². The van der Waals surface area contributed by atoms with Crippen LogP contribution in [-0.4, -0.2) is 25.8 Å². The lowest BCUT2D eigenvalue weighted by molar-refractivity contribution is 0.0849. The van der Waals surface area contributed by atoms with Crippen LogP contribution < -0.4 is 5.32 Å². The van der Waals surface area contributed by atoms with Crippen LogP contribution in [0.4, 0.5) is 0 Å². The van der Waals surface area contributed by atoms with Gasteiger partial charge in [-0.2, -0.15) is 0 Å². The average Bonchev–Trinajstić information content (AvgIpc) is 2.84. The van der Waals surface area contributed by atoms with Gasteiger partial charge in [0.15, 0.2) is 0 Å². The average molecular weight is 233 g/mol. The van der Waals surface area contributed by atoms with Gasteiger partial charge < -0.3 is 10.1 Å². The molecule has 1 aromatic carbocycles. The lowest BCUT2D eigenvalue weighted by Crippen LogP contribution is -2.38. The second kappa shape index (κ2) is 6.18. The Balaban J connectivity index is 1.82. The maximum Gasteiger partial charge on any atom is 0.0724 e. The highest BCUT2D eigenvalue weighted by molar-refractivity contribution is 5.19. The smallest absolute Gasteiger partial charge is 0.0724 e. The van der Waals surface area contributed by atoms with E-state index in [1.807, 2.05) is 7.11 Å². The molecule has 0 aromatic heterocycles. The SMILES string of the molecule is COC1CCCC1NCC(C)c1ccccc1. The zero-order chi connectivity index (χ0) is 12.1. The van der Waals surface area contributed by atoms with Crippen LogP contribution in [0.5, 0.6) is 0 Å². The Morgan fingerprint density at radius 3 is 2.76 bits per heavy atom. The number of methoxy groups -OCH3 is 1. The molecule has 94 valence electrons. The van der Waals surface area contributed by atoms with E-state index in [1.165, 1.54) is 24.8 Å². The summed E-state index contributed by atoms with van der Waals surface area (Å²) in [5.41, 5.74) is 1.41. The van der Waals surface area contributed by atoms with Gasteiger partial charge in [0.25, 0.3) is 0 Å². The Bertz CT molecular complexity index is 325. The number of hydrogen-bond acceptors (Lipinski definition) is 2. The second-order valence-electron chi connectivity index (χ2n) is 5.03. The molecule has 2 nitrogen and oxygen atoms in total. The Labute approximate surface area is 104 Å². The van der Waals surface area contributed by atoms with Crippen molar-refractivity contribution in [3.8, 4) is 0 Å². The molecule has 0 aliphatic heterocycles. The van der Waals surface area contributed by atoms with Crippen LogP contribution >= 0.6 is 0 Å². The molecule has 0 radical (unpaired) electrons. The van der Waals surface area contributed by atoms with E-state index < -0.39 is 0 Å². The van der Waals surface area contributed by atoms with Gasteiger partial charge in [0, 0.05) is 19.7 Å². The van der Waals surface area contributed by atoms with Gasteiger partial charge in [-0.1, -0.05) is 37.3 Å². The zero-order valence-electron chi connectivity index (χ0n) is 10.9. The fourth-order valence-electron chi connectivity index (χ4n) is 2.67. The first-order valence-corrected chi connectivity index (χ1v) is 6.62. The molecule has 2 heteroatoms. The number of rotatable bonds is 5. The van der Waals surface area contributed by atoms with Gasteiger partial charge >= 0.3 is 0 Å². The normalized spacial score (nSPS) is 26.0. The summed E-state index contributed by atoms with van der Waals surface area (Å²) in [7, 11) is 1.82. The third kappa shape index (κ3) is 3.30. The molecule has 1 aliphatic carbocycles. The van der Waals surface area contributed by atoms with Crippen molar-refractivity contribution < 1.29 is 4.74 Å². The predicted octanol–water partition coefficient (Wildman–Crippen LogP) is 2.95. The monoisotopic (exact) mass is 233 g/mol. The van der Waals surface area contributed by atoms with Crippen molar-refractivity contribution in [1.29, 1.82) is 0 Å². The van der Waals surface area contributed by atoms with E-state index in [0.717, 1.165) is 6.54 Å². The summed E-state index contributed by atoms with van der Waals surface area (Å²) in [4.78, 5) is 0. The summed E-state index contributed by atoms with van der Waals surface area (Å²) >= 11 is 0. The third-order valence-electron chi connectivity index (χ3n) is 3.81. The highest BCUT2D eigenvalue weighted by Crippen LogP contribution is 2.22. The molecule has 0 heterocycles. The van der Waals surface area contributed by atoms with Gasteiger partial charge in [0.2, 0.25) is 0 Å². The van der Waals surface area contributed by atoms with E-state index in [9.17, 15) is 0 Å². The summed E-state index contributed by atoms with van der Waals surface area (Å²) in [6, 6.07) is 11.2. The van der Waals surface area contributed by atoms with E-state index >= 15 is 0 Å².